The average molecular weight is 346 g/mol. The van der Waals surface area contributed by atoms with Crippen molar-refractivity contribution in [2.45, 2.75) is 32.4 Å². The van der Waals surface area contributed by atoms with E-state index in [0.717, 1.165) is 18.4 Å². The monoisotopic (exact) mass is 346 g/mol. The van der Waals surface area contributed by atoms with Gasteiger partial charge in [0.1, 0.15) is 0 Å². The topological polar surface area (TPSA) is 79.7 Å². The summed E-state index contributed by atoms with van der Waals surface area (Å²) in [6, 6.07) is 14.4. The quantitative estimate of drug-likeness (QED) is 0.805. The number of benzene rings is 2. The van der Waals surface area contributed by atoms with E-state index in [1.54, 1.807) is 21.3 Å². The van der Waals surface area contributed by atoms with Crippen molar-refractivity contribution >= 4 is 0 Å². The largest absolute Gasteiger partial charge is 0.493 e. The van der Waals surface area contributed by atoms with E-state index in [-0.39, 0.29) is 0 Å². The zero-order valence-electron chi connectivity index (χ0n) is 15.6. The minimum Gasteiger partial charge on any atom is -0.493 e. The van der Waals surface area contributed by atoms with Crippen LogP contribution in [0.2, 0.25) is 0 Å². The van der Waals surface area contributed by atoms with Crippen molar-refractivity contribution in [3.8, 4) is 17.2 Å². The first kappa shape index (κ1) is 20.8. The normalized spacial score (nSPS) is 11.1. The summed E-state index contributed by atoms with van der Waals surface area (Å²) in [6.07, 6.45) is 2.17. The highest BCUT2D eigenvalue weighted by Crippen LogP contribution is 2.37. The van der Waals surface area contributed by atoms with Crippen molar-refractivity contribution in [1.29, 1.82) is 0 Å². The number of ether oxygens (including phenoxy) is 3. The lowest BCUT2D eigenvalue weighted by molar-refractivity contribution is 0.324. The molecule has 0 spiro atoms. The third-order valence-corrected chi connectivity index (χ3v) is 3.69. The zero-order valence-corrected chi connectivity index (χ0v) is 15.6. The van der Waals surface area contributed by atoms with Gasteiger partial charge in [-0.05, 0) is 43.0 Å². The van der Waals surface area contributed by atoms with Crippen LogP contribution in [0.5, 0.6) is 17.2 Å². The molecule has 5 heteroatoms. The van der Waals surface area contributed by atoms with Crippen molar-refractivity contribution in [3.05, 3.63) is 53.6 Å². The summed E-state index contributed by atoms with van der Waals surface area (Å²) in [4.78, 5) is 0. The van der Waals surface area contributed by atoms with E-state index in [9.17, 15) is 0 Å². The van der Waals surface area contributed by atoms with Crippen LogP contribution in [-0.2, 0) is 13.0 Å². The fraction of sp³-hybridized carbons (Fsp3) is 0.400. The summed E-state index contributed by atoms with van der Waals surface area (Å²) >= 11 is 0. The molecule has 1 atom stereocenters. The predicted molar refractivity (Wildman–Crippen MR) is 102 cm³/mol. The van der Waals surface area contributed by atoms with Gasteiger partial charge in [-0.3, -0.25) is 0 Å². The highest BCUT2D eigenvalue weighted by atomic mass is 16.5. The van der Waals surface area contributed by atoms with Crippen LogP contribution in [0.1, 0.15) is 24.5 Å². The lowest BCUT2D eigenvalue weighted by Gasteiger charge is -2.13. The van der Waals surface area contributed by atoms with Crippen LogP contribution in [0.3, 0.4) is 0 Å². The summed E-state index contributed by atoms with van der Waals surface area (Å²) in [5.74, 6) is 1.85. The number of nitrogens with two attached hydrogens (primary N) is 2. The minimum atomic E-state index is 0.315. The summed E-state index contributed by atoms with van der Waals surface area (Å²) in [7, 11) is 4.73. The Morgan fingerprint density at radius 2 is 1.44 bits per heavy atom. The molecule has 5 nitrogen and oxygen atoms in total. The maximum Gasteiger partial charge on any atom is 0.203 e. The average Bonchev–Trinajstić information content (AvgIpc) is 2.66. The summed E-state index contributed by atoms with van der Waals surface area (Å²) in [6.45, 7) is 2.49. The Kier molecular flexibility index (Phi) is 9.43. The Labute approximate surface area is 150 Å². The highest BCUT2D eigenvalue weighted by Gasteiger charge is 2.11. The molecule has 0 aliphatic rings. The molecule has 1 unspecified atom stereocenters. The first-order valence-electron chi connectivity index (χ1n) is 8.34. The molecular weight excluding hydrogens is 316 g/mol. The van der Waals surface area contributed by atoms with Gasteiger partial charge in [-0.2, -0.15) is 0 Å². The van der Waals surface area contributed by atoms with E-state index in [0.29, 0.717) is 29.8 Å². The van der Waals surface area contributed by atoms with E-state index in [1.165, 1.54) is 5.56 Å². The van der Waals surface area contributed by atoms with Gasteiger partial charge in [0, 0.05) is 12.6 Å². The summed E-state index contributed by atoms with van der Waals surface area (Å²) in [5, 5.41) is 0. The van der Waals surface area contributed by atoms with Crippen LogP contribution in [0.15, 0.2) is 42.5 Å². The van der Waals surface area contributed by atoms with Gasteiger partial charge < -0.3 is 25.7 Å². The van der Waals surface area contributed by atoms with Crippen molar-refractivity contribution < 1.29 is 14.2 Å². The molecule has 0 saturated heterocycles. The second-order valence-electron chi connectivity index (χ2n) is 5.74. The molecule has 25 heavy (non-hydrogen) atoms. The van der Waals surface area contributed by atoms with Gasteiger partial charge >= 0.3 is 0 Å². The Morgan fingerprint density at radius 1 is 0.880 bits per heavy atom. The van der Waals surface area contributed by atoms with Crippen LogP contribution >= 0.6 is 0 Å². The second kappa shape index (κ2) is 11.3. The van der Waals surface area contributed by atoms with E-state index in [1.807, 2.05) is 25.1 Å². The zero-order chi connectivity index (χ0) is 18.7. The van der Waals surface area contributed by atoms with Crippen LogP contribution < -0.4 is 25.7 Å². The van der Waals surface area contributed by atoms with Crippen LogP contribution in [0, 0.1) is 0 Å². The number of rotatable bonds is 7. The molecule has 0 amide bonds. The lowest BCUT2D eigenvalue weighted by atomic mass is 10.1. The van der Waals surface area contributed by atoms with E-state index >= 15 is 0 Å². The molecule has 0 fully saturated rings. The summed E-state index contributed by atoms with van der Waals surface area (Å²) < 4.78 is 15.5. The van der Waals surface area contributed by atoms with E-state index < -0.39 is 0 Å². The van der Waals surface area contributed by atoms with E-state index in [4.69, 9.17) is 25.7 Å². The number of aryl methyl sites for hydroxylation is 1. The maximum absolute atomic E-state index is 5.64. The Hall–Kier alpha value is -2.24. The van der Waals surface area contributed by atoms with Crippen molar-refractivity contribution in [1.82, 2.24) is 0 Å². The van der Waals surface area contributed by atoms with Gasteiger partial charge in [-0.15, -0.1) is 0 Å². The molecule has 0 aliphatic carbocycles. The lowest BCUT2D eigenvalue weighted by Crippen LogP contribution is -2.15. The van der Waals surface area contributed by atoms with Crippen LogP contribution in [-0.4, -0.2) is 27.4 Å². The summed E-state index contributed by atoms with van der Waals surface area (Å²) in [5.41, 5.74) is 13.5. The molecule has 0 heterocycles. The van der Waals surface area contributed by atoms with Crippen molar-refractivity contribution in [2.75, 3.05) is 21.3 Å². The standard InChI is InChI=1S/C10H15NO3.C10H15N/c1-12-8-4-7(6-11)5-9(13-2)10(8)14-3;1-9(11)7-8-10-5-3-2-4-6-10/h4-5H,6,11H2,1-3H3;2-6,9H,7-8,11H2,1H3. The molecule has 0 aliphatic heterocycles. The number of methoxy groups -OCH3 is 3. The van der Waals surface area contributed by atoms with Crippen molar-refractivity contribution in [3.63, 3.8) is 0 Å². The molecule has 0 aromatic heterocycles. The van der Waals surface area contributed by atoms with Gasteiger partial charge in [-0.25, -0.2) is 0 Å². The fourth-order valence-corrected chi connectivity index (χ4v) is 2.29. The van der Waals surface area contributed by atoms with Crippen LogP contribution in [0.25, 0.3) is 0 Å². The third-order valence-electron chi connectivity index (χ3n) is 3.69. The fourth-order valence-electron chi connectivity index (χ4n) is 2.29. The first-order valence-corrected chi connectivity index (χ1v) is 8.34. The number of hydrogen-bond donors (Lipinski definition) is 2. The van der Waals surface area contributed by atoms with Gasteiger partial charge in [0.05, 0.1) is 21.3 Å². The maximum atomic E-state index is 5.64. The molecule has 2 aromatic rings. The molecule has 0 radical (unpaired) electrons. The number of hydrogen-bond acceptors (Lipinski definition) is 5. The van der Waals surface area contributed by atoms with Gasteiger partial charge in [0.15, 0.2) is 11.5 Å². The third kappa shape index (κ3) is 7.03. The van der Waals surface area contributed by atoms with Gasteiger partial charge in [-0.1, -0.05) is 30.3 Å². The molecule has 0 saturated carbocycles. The molecule has 0 bridgehead atoms. The van der Waals surface area contributed by atoms with Crippen molar-refractivity contribution in [2.24, 2.45) is 11.5 Å². The SMILES string of the molecule is CC(N)CCc1ccccc1.COc1cc(CN)cc(OC)c1OC. The molecule has 2 rings (SSSR count). The minimum absolute atomic E-state index is 0.315. The molecule has 4 N–H and O–H groups in total. The van der Waals surface area contributed by atoms with Crippen LogP contribution in [0.4, 0.5) is 0 Å². The molecular formula is C20H30N2O3. The molecule has 2 aromatic carbocycles. The Bertz CT molecular complexity index is 591. The first-order chi connectivity index (χ1) is 12.0. The Balaban J connectivity index is 0.000000257. The van der Waals surface area contributed by atoms with E-state index in [2.05, 4.69) is 24.3 Å². The highest BCUT2D eigenvalue weighted by molar-refractivity contribution is 5.53. The second-order valence-corrected chi connectivity index (χ2v) is 5.74. The predicted octanol–water partition coefficient (Wildman–Crippen LogP) is 3.14. The van der Waals surface area contributed by atoms with Gasteiger partial charge in [0.2, 0.25) is 5.75 Å². The Morgan fingerprint density at radius 3 is 1.84 bits per heavy atom. The van der Waals surface area contributed by atoms with Gasteiger partial charge in [0.25, 0.3) is 0 Å². The smallest absolute Gasteiger partial charge is 0.203 e. The molecule has 138 valence electrons.